The van der Waals surface area contributed by atoms with Crippen LogP contribution in [0.2, 0.25) is 6.04 Å². The summed E-state index contributed by atoms with van der Waals surface area (Å²) < 4.78 is 24.1. The van der Waals surface area contributed by atoms with Crippen molar-refractivity contribution in [1.29, 1.82) is 0 Å². The predicted molar refractivity (Wildman–Crippen MR) is 131 cm³/mol. The Labute approximate surface area is 192 Å². The van der Waals surface area contributed by atoms with E-state index in [0.29, 0.717) is 12.0 Å². The molecule has 0 N–H and O–H groups in total. The summed E-state index contributed by atoms with van der Waals surface area (Å²) in [5.74, 6) is 1.66. The summed E-state index contributed by atoms with van der Waals surface area (Å²) >= 11 is 0. The number of unbranched alkanes of at least 4 members (excludes halogenated alkanes) is 2. The van der Waals surface area contributed by atoms with E-state index in [1.165, 1.54) is 31.2 Å². The minimum absolute atomic E-state index is 0.244. The van der Waals surface area contributed by atoms with Crippen LogP contribution in [0, 0.1) is 0 Å². The van der Waals surface area contributed by atoms with Crippen LogP contribution in [-0.2, 0) is 13.6 Å². The van der Waals surface area contributed by atoms with E-state index in [2.05, 4.69) is 58.9 Å². The highest BCUT2D eigenvalue weighted by atomic mass is 28.3. The van der Waals surface area contributed by atoms with Crippen LogP contribution >= 0.6 is 0 Å². The molecular weight excluding hydrogens is 404 g/mol. The van der Waals surface area contributed by atoms with Crippen LogP contribution in [0.5, 0.6) is 5.75 Å². The van der Waals surface area contributed by atoms with Gasteiger partial charge in [-0.25, -0.2) is 0 Å². The molecule has 0 unspecified atom stereocenters. The molecule has 0 atom stereocenters. The first kappa shape index (κ1) is 26.4. The molecule has 0 amide bonds. The van der Waals surface area contributed by atoms with E-state index in [1.54, 1.807) is 0 Å². The smallest absolute Gasteiger partial charge is 0.321 e. The van der Waals surface area contributed by atoms with Gasteiger partial charge in [-0.3, -0.25) is 0 Å². The Kier molecular flexibility index (Phi) is 12.8. The molecule has 0 bridgehead atoms. The van der Waals surface area contributed by atoms with Crippen molar-refractivity contribution < 1.29 is 18.3 Å². The number of hydrogen-bond donors (Lipinski definition) is 0. The average molecular weight is 451 g/mol. The summed E-state index contributed by atoms with van der Waals surface area (Å²) in [7, 11) is -1.58. The maximum absolute atomic E-state index is 6.20. The molecule has 1 aliphatic carbocycles. The van der Waals surface area contributed by atoms with E-state index in [-0.39, 0.29) is 12.2 Å². The first-order valence-corrected chi connectivity index (χ1v) is 14.4. The molecule has 0 radical (unpaired) electrons. The van der Waals surface area contributed by atoms with Crippen molar-refractivity contribution in [2.24, 2.45) is 0 Å². The highest BCUT2D eigenvalue weighted by Gasteiger charge is 2.23. The van der Waals surface area contributed by atoms with Crippen LogP contribution in [0.25, 0.3) is 0 Å². The molecule has 178 valence electrons. The fraction of sp³-hybridized carbons (Fsp3) is 0.769. The second kappa shape index (κ2) is 15.0. The van der Waals surface area contributed by atoms with Crippen LogP contribution in [-0.4, -0.2) is 40.8 Å². The highest BCUT2D eigenvalue weighted by Crippen LogP contribution is 2.34. The highest BCUT2D eigenvalue weighted by molar-refractivity contribution is 6.44. The van der Waals surface area contributed by atoms with Crippen LogP contribution in [0.4, 0.5) is 0 Å². The second-order valence-corrected chi connectivity index (χ2v) is 11.4. The van der Waals surface area contributed by atoms with Gasteiger partial charge >= 0.3 is 9.28 Å². The van der Waals surface area contributed by atoms with Crippen LogP contribution in [0.1, 0.15) is 97.5 Å². The van der Waals surface area contributed by atoms with Gasteiger partial charge in [0.05, 0.1) is 12.7 Å². The van der Waals surface area contributed by atoms with Gasteiger partial charge in [-0.15, -0.1) is 0 Å². The van der Waals surface area contributed by atoms with Crippen molar-refractivity contribution in [3.8, 4) is 5.75 Å². The zero-order valence-corrected chi connectivity index (χ0v) is 21.8. The van der Waals surface area contributed by atoms with Gasteiger partial charge < -0.3 is 18.3 Å². The van der Waals surface area contributed by atoms with Crippen molar-refractivity contribution in [1.82, 2.24) is 0 Å². The average Bonchev–Trinajstić information content (AvgIpc) is 2.74. The van der Waals surface area contributed by atoms with Crippen molar-refractivity contribution in [2.75, 3.05) is 13.2 Å². The zero-order valence-electron chi connectivity index (χ0n) is 20.6. The Morgan fingerprint density at radius 1 is 0.839 bits per heavy atom. The molecule has 0 heterocycles. The Morgan fingerprint density at radius 2 is 1.48 bits per heavy atom. The van der Waals surface area contributed by atoms with Gasteiger partial charge in [-0.1, -0.05) is 31.9 Å². The maximum atomic E-state index is 6.20. The number of benzene rings is 1. The van der Waals surface area contributed by atoms with Crippen LogP contribution in [0.3, 0.4) is 0 Å². The molecular formula is C26H46O4Si. The van der Waals surface area contributed by atoms with Gasteiger partial charge in [0, 0.05) is 18.8 Å². The number of ether oxygens (including phenoxy) is 2. The van der Waals surface area contributed by atoms with E-state index in [1.807, 2.05) is 0 Å². The molecule has 4 nitrogen and oxygen atoms in total. The van der Waals surface area contributed by atoms with E-state index in [9.17, 15) is 0 Å². The first-order chi connectivity index (χ1) is 15.0. The van der Waals surface area contributed by atoms with Crippen molar-refractivity contribution in [3.63, 3.8) is 0 Å². The minimum Gasteiger partial charge on any atom is -0.494 e. The van der Waals surface area contributed by atoms with Gasteiger partial charge in [0.15, 0.2) is 0 Å². The van der Waals surface area contributed by atoms with Gasteiger partial charge in [-0.05, 0) is 95.9 Å². The monoisotopic (exact) mass is 450 g/mol. The zero-order chi connectivity index (χ0) is 22.5. The van der Waals surface area contributed by atoms with Gasteiger partial charge in [0.2, 0.25) is 0 Å². The lowest BCUT2D eigenvalue weighted by Gasteiger charge is -2.29. The minimum atomic E-state index is -1.58. The van der Waals surface area contributed by atoms with E-state index in [4.69, 9.17) is 18.3 Å². The molecule has 5 heteroatoms. The Bertz CT molecular complexity index is 557. The first-order valence-electron chi connectivity index (χ1n) is 12.6. The lowest BCUT2D eigenvalue weighted by Crippen LogP contribution is -2.30. The standard InChI is InChI=1S/C26H46O4Si/c1-6-7-8-18-27-25-14-10-23(11-15-25)24-12-16-26(17-13-24)28-19-9-20-31(29-21(2)3)30-22(4)5/h10-11,14-15,21-22,24,26,31H,6-9,12-13,16-20H2,1-5H3. The quantitative estimate of drug-likeness (QED) is 0.218. The van der Waals surface area contributed by atoms with Crippen molar-refractivity contribution in [3.05, 3.63) is 29.8 Å². The summed E-state index contributed by atoms with van der Waals surface area (Å²) in [4.78, 5) is 0. The molecule has 1 saturated carbocycles. The topological polar surface area (TPSA) is 36.9 Å². The third-order valence-corrected chi connectivity index (χ3v) is 8.40. The van der Waals surface area contributed by atoms with Gasteiger partial charge in [0.1, 0.15) is 5.75 Å². The second-order valence-electron chi connectivity index (χ2n) is 9.41. The normalized spacial score (nSPS) is 19.5. The SMILES string of the molecule is CCCCCOc1ccc(C2CCC(OCCC[SiH](OC(C)C)OC(C)C)CC2)cc1. The van der Waals surface area contributed by atoms with E-state index >= 15 is 0 Å². The third-order valence-electron chi connectivity index (χ3n) is 5.83. The van der Waals surface area contributed by atoms with E-state index < -0.39 is 9.28 Å². The predicted octanol–water partition coefficient (Wildman–Crippen LogP) is 6.76. The third kappa shape index (κ3) is 11.0. The molecule has 1 aliphatic rings. The fourth-order valence-electron chi connectivity index (χ4n) is 4.22. The lowest BCUT2D eigenvalue weighted by atomic mass is 9.83. The van der Waals surface area contributed by atoms with Crippen molar-refractivity contribution in [2.45, 2.75) is 116 Å². The van der Waals surface area contributed by atoms with Gasteiger partial charge in [0.25, 0.3) is 0 Å². The lowest BCUT2D eigenvalue weighted by molar-refractivity contribution is 0.0237. The Hall–Kier alpha value is -0.883. The van der Waals surface area contributed by atoms with Gasteiger partial charge in [-0.2, -0.15) is 0 Å². The molecule has 31 heavy (non-hydrogen) atoms. The molecule has 1 aromatic carbocycles. The summed E-state index contributed by atoms with van der Waals surface area (Å²) in [6.07, 6.45) is 10.3. The number of rotatable bonds is 15. The van der Waals surface area contributed by atoms with Crippen LogP contribution in [0.15, 0.2) is 24.3 Å². The maximum Gasteiger partial charge on any atom is 0.321 e. The molecule has 1 aromatic rings. The molecule has 1 fully saturated rings. The Morgan fingerprint density at radius 3 is 2.06 bits per heavy atom. The molecule has 0 saturated heterocycles. The van der Waals surface area contributed by atoms with Crippen LogP contribution < -0.4 is 4.74 Å². The molecule has 0 aromatic heterocycles. The molecule has 2 rings (SSSR count). The fourth-order valence-corrected chi connectivity index (χ4v) is 6.27. The molecule has 0 spiro atoms. The summed E-state index contributed by atoms with van der Waals surface area (Å²) in [5, 5.41) is 0. The molecule has 0 aliphatic heterocycles. The largest absolute Gasteiger partial charge is 0.494 e. The van der Waals surface area contributed by atoms with E-state index in [0.717, 1.165) is 50.7 Å². The summed E-state index contributed by atoms with van der Waals surface area (Å²) in [6, 6.07) is 9.83. The number of hydrogen-bond acceptors (Lipinski definition) is 4. The summed E-state index contributed by atoms with van der Waals surface area (Å²) in [5.41, 5.74) is 1.45. The summed E-state index contributed by atoms with van der Waals surface area (Å²) in [6.45, 7) is 12.2. The van der Waals surface area contributed by atoms with Crippen molar-refractivity contribution >= 4 is 9.28 Å². The Balaban J connectivity index is 1.63.